The Morgan fingerprint density at radius 2 is 2.07 bits per heavy atom. The van der Waals surface area contributed by atoms with Crippen LogP contribution in [-0.2, 0) is 9.53 Å². The fourth-order valence-electron chi connectivity index (χ4n) is 3.62. The van der Waals surface area contributed by atoms with Crippen molar-refractivity contribution >= 4 is 16.8 Å². The van der Waals surface area contributed by atoms with Gasteiger partial charge in [-0.25, -0.2) is 0 Å². The van der Waals surface area contributed by atoms with Crippen LogP contribution in [0.4, 0.5) is 0 Å². The second-order valence-corrected chi connectivity index (χ2v) is 6.86. The first-order chi connectivity index (χ1) is 13.8. The van der Waals surface area contributed by atoms with Gasteiger partial charge in [0.1, 0.15) is 0 Å². The summed E-state index contributed by atoms with van der Waals surface area (Å²) in [6.07, 6.45) is 3.15. The molecule has 2 aromatic carbocycles. The molecule has 1 aliphatic rings. The number of carbonyl (C=O) groups is 1. The van der Waals surface area contributed by atoms with Crippen LogP contribution in [0.1, 0.15) is 29.9 Å². The topological polar surface area (TPSA) is 72.6 Å². The average Bonchev–Trinajstić information content (AvgIpc) is 3.36. The number of hydrogen-bond donors (Lipinski definition) is 2. The van der Waals surface area contributed by atoms with Gasteiger partial charge in [-0.05, 0) is 35.7 Å². The zero-order valence-corrected chi connectivity index (χ0v) is 15.9. The first kappa shape index (κ1) is 18.4. The van der Waals surface area contributed by atoms with Crippen LogP contribution in [0.2, 0.25) is 0 Å². The van der Waals surface area contributed by atoms with E-state index in [1.54, 1.807) is 7.11 Å². The Hall–Kier alpha value is -2.99. The third-order valence-electron chi connectivity index (χ3n) is 5.03. The number of fused-ring (bicyclic) bond motifs is 2. The molecule has 6 nitrogen and oxygen atoms in total. The predicted molar refractivity (Wildman–Crippen MR) is 107 cm³/mol. The molecule has 1 aromatic heterocycles. The molecule has 0 fully saturated rings. The second kappa shape index (κ2) is 8.35. The molecular weight excluding hydrogens is 356 g/mol. The van der Waals surface area contributed by atoms with Crippen LogP contribution in [0.3, 0.4) is 0 Å². The number of hydrogen-bond acceptors (Lipinski definition) is 4. The molecule has 0 aliphatic carbocycles. The largest absolute Gasteiger partial charge is 0.454 e. The molecule has 3 aromatic rings. The Balaban J connectivity index is 1.62. The summed E-state index contributed by atoms with van der Waals surface area (Å²) >= 11 is 0. The summed E-state index contributed by atoms with van der Waals surface area (Å²) in [5.74, 6) is 1.39. The number of H-pyrrole nitrogens is 1. The van der Waals surface area contributed by atoms with E-state index in [0.29, 0.717) is 19.6 Å². The van der Waals surface area contributed by atoms with Crippen molar-refractivity contribution < 1.29 is 19.0 Å². The van der Waals surface area contributed by atoms with Crippen LogP contribution in [0.25, 0.3) is 10.9 Å². The molecule has 0 bridgehead atoms. The van der Waals surface area contributed by atoms with Gasteiger partial charge in [-0.15, -0.1) is 0 Å². The molecule has 0 radical (unpaired) electrons. The summed E-state index contributed by atoms with van der Waals surface area (Å²) in [6, 6.07) is 14.0. The molecule has 0 saturated heterocycles. The normalized spacial score (nSPS) is 13.6. The average molecular weight is 380 g/mol. The van der Waals surface area contributed by atoms with Crippen molar-refractivity contribution in [3.05, 3.63) is 59.8 Å². The lowest BCUT2D eigenvalue weighted by molar-refractivity contribution is -0.121. The maximum atomic E-state index is 12.6. The highest BCUT2D eigenvalue weighted by Gasteiger charge is 2.24. The van der Waals surface area contributed by atoms with Crippen LogP contribution in [0.5, 0.6) is 11.5 Å². The number of amides is 1. The quantitative estimate of drug-likeness (QED) is 0.586. The Labute approximate surface area is 163 Å². The van der Waals surface area contributed by atoms with E-state index in [1.165, 1.54) is 0 Å². The Morgan fingerprint density at radius 3 is 2.96 bits per heavy atom. The maximum absolute atomic E-state index is 12.6. The third kappa shape index (κ3) is 3.82. The lowest BCUT2D eigenvalue weighted by atomic mass is 9.87. The Bertz CT molecular complexity index is 966. The van der Waals surface area contributed by atoms with E-state index >= 15 is 0 Å². The Kier molecular flexibility index (Phi) is 5.48. The van der Waals surface area contributed by atoms with Gasteiger partial charge >= 0.3 is 0 Å². The summed E-state index contributed by atoms with van der Waals surface area (Å²) in [7, 11) is 1.66. The van der Waals surface area contributed by atoms with Crippen LogP contribution in [0, 0.1) is 0 Å². The highest BCUT2D eigenvalue weighted by Crippen LogP contribution is 2.39. The van der Waals surface area contributed by atoms with Crippen molar-refractivity contribution in [2.45, 2.75) is 18.8 Å². The molecule has 4 rings (SSSR count). The number of methoxy groups -OCH3 is 1. The van der Waals surface area contributed by atoms with Crippen molar-refractivity contribution in [3.8, 4) is 11.5 Å². The molecule has 1 atom stereocenters. The van der Waals surface area contributed by atoms with Gasteiger partial charge in [0.15, 0.2) is 11.5 Å². The van der Waals surface area contributed by atoms with Crippen LogP contribution < -0.4 is 14.8 Å². The van der Waals surface area contributed by atoms with Gasteiger partial charge < -0.3 is 24.5 Å². The maximum Gasteiger partial charge on any atom is 0.231 e. The molecule has 28 heavy (non-hydrogen) atoms. The summed E-state index contributed by atoms with van der Waals surface area (Å²) in [5, 5.41) is 4.12. The first-order valence-electron chi connectivity index (χ1n) is 9.47. The van der Waals surface area contributed by atoms with Gasteiger partial charge in [0.05, 0.1) is 0 Å². The highest BCUT2D eigenvalue weighted by molar-refractivity contribution is 5.86. The van der Waals surface area contributed by atoms with Gasteiger partial charge in [-0.3, -0.25) is 4.79 Å². The van der Waals surface area contributed by atoms with E-state index in [4.69, 9.17) is 14.2 Å². The minimum atomic E-state index is -0.0897. The summed E-state index contributed by atoms with van der Waals surface area (Å²) in [6.45, 7) is 1.47. The minimum absolute atomic E-state index is 0.0176. The second-order valence-electron chi connectivity index (χ2n) is 6.86. The molecule has 1 amide bonds. The number of aromatic amines is 1. The first-order valence-corrected chi connectivity index (χ1v) is 9.47. The van der Waals surface area contributed by atoms with Gasteiger partial charge in [0, 0.05) is 49.7 Å². The monoisotopic (exact) mass is 380 g/mol. The molecule has 146 valence electrons. The number of benzene rings is 2. The zero-order valence-electron chi connectivity index (χ0n) is 15.9. The lowest BCUT2D eigenvalue weighted by Crippen LogP contribution is -2.27. The Morgan fingerprint density at radius 1 is 1.21 bits per heavy atom. The van der Waals surface area contributed by atoms with Crippen molar-refractivity contribution in [2.24, 2.45) is 0 Å². The summed E-state index contributed by atoms with van der Waals surface area (Å²) in [4.78, 5) is 16.0. The molecule has 2 N–H and O–H groups in total. The zero-order chi connectivity index (χ0) is 19.3. The number of aromatic nitrogens is 1. The fourth-order valence-corrected chi connectivity index (χ4v) is 3.62. The minimum Gasteiger partial charge on any atom is -0.454 e. The van der Waals surface area contributed by atoms with Gasteiger partial charge in [0.2, 0.25) is 12.7 Å². The SMILES string of the molecule is COCCCNC(=O)C[C@@H](c1ccc2c(c1)OCO2)c1c[nH]c2ccccc12. The van der Waals surface area contributed by atoms with Crippen LogP contribution >= 0.6 is 0 Å². The van der Waals surface area contributed by atoms with E-state index in [9.17, 15) is 4.79 Å². The van der Waals surface area contributed by atoms with Crippen molar-refractivity contribution in [1.82, 2.24) is 10.3 Å². The smallest absolute Gasteiger partial charge is 0.231 e. The van der Waals surface area contributed by atoms with Crippen molar-refractivity contribution in [1.29, 1.82) is 0 Å². The van der Waals surface area contributed by atoms with E-state index in [0.717, 1.165) is 39.9 Å². The molecule has 6 heteroatoms. The van der Waals surface area contributed by atoms with Gasteiger partial charge in [0.25, 0.3) is 0 Å². The summed E-state index contributed by atoms with van der Waals surface area (Å²) < 4.78 is 16.0. The highest BCUT2D eigenvalue weighted by atomic mass is 16.7. The number of rotatable bonds is 8. The van der Waals surface area contributed by atoms with Crippen molar-refractivity contribution in [2.75, 3.05) is 27.1 Å². The van der Waals surface area contributed by atoms with Crippen LogP contribution in [0.15, 0.2) is 48.7 Å². The number of ether oxygens (including phenoxy) is 3. The van der Waals surface area contributed by atoms with Crippen molar-refractivity contribution in [3.63, 3.8) is 0 Å². The fraction of sp³-hybridized carbons (Fsp3) is 0.318. The lowest BCUT2D eigenvalue weighted by Gasteiger charge is -2.18. The molecule has 0 saturated carbocycles. The third-order valence-corrected chi connectivity index (χ3v) is 5.03. The van der Waals surface area contributed by atoms with Crippen LogP contribution in [-0.4, -0.2) is 37.9 Å². The van der Waals surface area contributed by atoms with E-state index in [2.05, 4.69) is 16.4 Å². The molecule has 0 unspecified atom stereocenters. The van der Waals surface area contributed by atoms with Gasteiger partial charge in [-0.1, -0.05) is 24.3 Å². The number of para-hydroxylation sites is 1. The van der Waals surface area contributed by atoms with E-state index in [1.807, 2.05) is 42.6 Å². The number of carbonyl (C=O) groups excluding carboxylic acids is 1. The predicted octanol–water partition coefficient (Wildman–Crippen LogP) is 3.57. The molecular formula is C22H24N2O4. The van der Waals surface area contributed by atoms with E-state index in [-0.39, 0.29) is 18.6 Å². The van der Waals surface area contributed by atoms with Gasteiger partial charge in [-0.2, -0.15) is 0 Å². The molecule has 1 aliphatic heterocycles. The molecule has 2 heterocycles. The molecule has 0 spiro atoms. The van der Waals surface area contributed by atoms with E-state index < -0.39 is 0 Å². The summed E-state index contributed by atoms with van der Waals surface area (Å²) in [5.41, 5.74) is 3.19. The number of nitrogens with one attached hydrogen (secondary N) is 2. The standard InChI is InChI=1S/C22H24N2O4/c1-26-10-4-9-23-22(25)12-17(15-7-8-20-21(11-15)28-14-27-20)18-13-24-19-6-3-2-5-16(18)19/h2-3,5-8,11,13,17,24H,4,9-10,12,14H2,1H3,(H,23,25)/t17-/m0/s1.